The van der Waals surface area contributed by atoms with Gasteiger partial charge in [0, 0.05) is 12.6 Å². The van der Waals surface area contributed by atoms with E-state index in [4.69, 9.17) is 4.74 Å². The fourth-order valence-corrected chi connectivity index (χ4v) is 1.17. The Bertz CT molecular complexity index is 106. The summed E-state index contributed by atoms with van der Waals surface area (Å²) >= 11 is 0. The molecular formula is C9H21NO. The van der Waals surface area contributed by atoms with Crippen molar-refractivity contribution in [3.8, 4) is 0 Å². The minimum absolute atomic E-state index is 0.212. The Morgan fingerprint density at radius 3 is 2.18 bits per heavy atom. The van der Waals surface area contributed by atoms with E-state index in [0.717, 1.165) is 19.6 Å². The molecule has 0 saturated heterocycles. The van der Waals surface area contributed by atoms with Crippen LogP contribution in [0.2, 0.25) is 0 Å². The Balaban J connectivity index is 4.07. The fourth-order valence-electron chi connectivity index (χ4n) is 1.17. The third-order valence-corrected chi connectivity index (χ3v) is 2.61. The second-order valence-corrected chi connectivity index (χ2v) is 3.30. The smallest absolute Gasteiger partial charge is 0.0643 e. The molecule has 68 valence electrons. The first-order chi connectivity index (χ1) is 5.10. The average Bonchev–Trinajstić information content (AvgIpc) is 2.03. The number of methoxy groups -OCH3 is 1. The van der Waals surface area contributed by atoms with Crippen molar-refractivity contribution >= 4 is 0 Å². The Labute approximate surface area is 70.5 Å². The monoisotopic (exact) mass is 159 g/mol. The minimum atomic E-state index is 0.212. The van der Waals surface area contributed by atoms with Gasteiger partial charge in [0.15, 0.2) is 0 Å². The Morgan fingerprint density at radius 1 is 1.36 bits per heavy atom. The van der Waals surface area contributed by atoms with Gasteiger partial charge < -0.3 is 4.74 Å². The highest BCUT2D eigenvalue weighted by Crippen LogP contribution is 2.17. The van der Waals surface area contributed by atoms with E-state index in [0.29, 0.717) is 0 Å². The van der Waals surface area contributed by atoms with E-state index < -0.39 is 0 Å². The van der Waals surface area contributed by atoms with Crippen LogP contribution in [0.25, 0.3) is 0 Å². The van der Waals surface area contributed by atoms with Gasteiger partial charge in [-0.15, -0.1) is 0 Å². The Morgan fingerprint density at radius 2 is 1.91 bits per heavy atom. The number of nitrogens with zero attached hydrogens (tertiary/aromatic N) is 1. The average molecular weight is 159 g/mol. The van der Waals surface area contributed by atoms with Crippen LogP contribution in [-0.2, 0) is 4.74 Å². The first-order valence-corrected chi connectivity index (χ1v) is 4.31. The quantitative estimate of drug-likeness (QED) is 0.606. The van der Waals surface area contributed by atoms with Gasteiger partial charge in [0.05, 0.1) is 6.61 Å². The van der Waals surface area contributed by atoms with Gasteiger partial charge in [-0.3, -0.25) is 4.90 Å². The van der Waals surface area contributed by atoms with Crippen molar-refractivity contribution in [2.45, 2.75) is 32.7 Å². The van der Waals surface area contributed by atoms with Crippen LogP contribution in [0.5, 0.6) is 0 Å². The standard InChI is InChI=1S/C9H21NO/c1-6-9(3,8-11-5)10(4)7-2/h6-8H2,1-5H3. The summed E-state index contributed by atoms with van der Waals surface area (Å²) in [5, 5.41) is 0. The molecule has 0 spiro atoms. The molecule has 0 fully saturated rings. The highest BCUT2D eigenvalue weighted by Gasteiger charge is 2.25. The number of likely N-dealkylation sites (N-methyl/N-ethyl adjacent to an activating group) is 1. The molecule has 0 amide bonds. The second-order valence-electron chi connectivity index (χ2n) is 3.30. The molecule has 2 heteroatoms. The SMILES string of the molecule is CCN(C)C(C)(CC)COC. The minimum Gasteiger partial charge on any atom is -0.383 e. The van der Waals surface area contributed by atoms with Crippen molar-refractivity contribution in [2.24, 2.45) is 0 Å². The topological polar surface area (TPSA) is 12.5 Å². The molecule has 2 nitrogen and oxygen atoms in total. The maximum Gasteiger partial charge on any atom is 0.0643 e. The lowest BCUT2D eigenvalue weighted by molar-refractivity contribution is 0.0382. The first-order valence-electron chi connectivity index (χ1n) is 4.31. The third-order valence-electron chi connectivity index (χ3n) is 2.61. The highest BCUT2D eigenvalue weighted by molar-refractivity contribution is 4.81. The molecule has 0 aromatic carbocycles. The second kappa shape index (κ2) is 4.73. The number of hydrogen-bond donors (Lipinski definition) is 0. The van der Waals surface area contributed by atoms with E-state index in [1.165, 1.54) is 0 Å². The van der Waals surface area contributed by atoms with Crippen molar-refractivity contribution in [3.05, 3.63) is 0 Å². The van der Waals surface area contributed by atoms with Crippen LogP contribution in [0.1, 0.15) is 27.2 Å². The van der Waals surface area contributed by atoms with Crippen LogP contribution in [0.4, 0.5) is 0 Å². The van der Waals surface area contributed by atoms with Gasteiger partial charge in [-0.05, 0) is 26.9 Å². The molecule has 0 aromatic heterocycles. The van der Waals surface area contributed by atoms with E-state index in [1.54, 1.807) is 7.11 Å². The van der Waals surface area contributed by atoms with Crippen molar-refractivity contribution in [2.75, 3.05) is 27.3 Å². The number of rotatable bonds is 5. The van der Waals surface area contributed by atoms with Crippen molar-refractivity contribution < 1.29 is 4.74 Å². The molecule has 0 aliphatic rings. The van der Waals surface area contributed by atoms with Gasteiger partial charge in [-0.1, -0.05) is 13.8 Å². The van der Waals surface area contributed by atoms with E-state index in [-0.39, 0.29) is 5.54 Å². The molecule has 0 aliphatic heterocycles. The van der Waals surface area contributed by atoms with Crippen LogP contribution in [0.15, 0.2) is 0 Å². The van der Waals surface area contributed by atoms with Gasteiger partial charge in [-0.2, -0.15) is 0 Å². The maximum absolute atomic E-state index is 5.18. The fraction of sp³-hybridized carbons (Fsp3) is 1.00. The zero-order valence-electron chi connectivity index (χ0n) is 8.48. The van der Waals surface area contributed by atoms with Crippen LogP contribution in [0.3, 0.4) is 0 Å². The zero-order chi connectivity index (χ0) is 8.91. The Hall–Kier alpha value is -0.0800. The molecule has 0 rings (SSSR count). The maximum atomic E-state index is 5.18. The molecule has 1 unspecified atom stereocenters. The van der Waals surface area contributed by atoms with Gasteiger partial charge in [0.1, 0.15) is 0 Å². The molecule has 0 aromatic rings. The highest BCUT2D eigenvalue weighted by atomic mass is 16.5. The lowest BCUT2D eigenvalue weighted by atomic mass is 9.98. The van der Waals surface area contributed by atoms with Crippen molar-refractivity contribution in [1.29, 1.82) is 0 Å². The first kappa shape index (κ1) is 10.9. The van der Waals surface area contributed by atoms with Gasteiger partial charge in [0.2, 0.25) is 0 Å². The predicted octanol–water partition coefficient (Wildman–Crippen LogP) is 1.75. The van der Waals surface area contributed by atoms with E-state index in [2.05, 4.69) is 32.7 Å². The lowest BCUT2D eigenvalue weighted by Crippen LogP contribution is -2.46. The zero-order valence-corrected chi connectivity index (χ0v) is 8.48. The molecule has 1 atom stereocenters. The predicted molar refractivity (Wildman–Crippen MR) is 48.9 cm³/mol. The molecule has 0 heterocycles. The summed E-state index contributed by atoms with van der Waals surface area (Å²) in [5.74, 6) is 0. The summed E-state index contributed by atoms with van der Waals surface area (Å²) in [7, 11) is 3.90. The molecular weight excluding hydrogens is 138 g/mol. The summed E-state index contributed by atoms with van der Waals surface area (Å²) in [5.41, 5.74) is 0.212. The Kier molecular flexibility index (Phi) is 4.69. The molecule has 11 heavy (non-hydrogen) atoms. The molecule has 0 bridgehead atoms. The summed E-state index contributed by atoms with van der Waals surface area (Å²) in [6.45, 7) is 8.50. The normalized spacial score (nSPS) is 16.9. The summed E-state index contributed by atoms with van der Waals surface area (Å²) in [6.07, 6.45) is 1.13. The van der Waals surface area contributed by atoms with Gasteiger partial charge in [-0.25, -0.2) is 0 Å². The molecule has 0 aliphatic carbocycles. The van der Waals surface area contributed by atoms with Crippen LogP contribution in [0, 0.1) is 0 Å². The van der Waals surface area contributed by atoms with E-state index >= 15 is 0 Å². The summed E-state index contributed by atoms with van der Waals surface area (Å²) in [4.78, 5) is 2.33. The summed E-state index contributed by atoms with van der Waals surface area (Å²) < 4.78 is 5.18. The largest absolute Gasteiger partial charge is 0.383 e. The molecule has 0 radical (unpaired) electrons. The van der Waals surface area contributed by atoms with Gasteiger partial charge >= 0.3 is 0 Å². The number of hydrogen-bond acceptors (Lipinski definition) is 2. The lowest BCUT2D eigenvalue weighted by Gasteiger charge is -2.36. The number of ether oxygens (including phenoxy) is 1. The van der Waals surface area contributed by atoms with Crippen LogP contribution >= 0.6 is 0 Å². The molecule has 0 N–H and O–H groups in total. The molecule has 0 saturated carbocycles. The van der Waals surface area contributed by atoms with Crippen molar-refractivity contribution in [1.82, 2.24) is 4.90 Å². The van der Waals surface area contributed by atoms with Gasteiger partial charge in [0.25, 0.3) is 0 Å². The third kappa shape index (κ3) is 2.80. The van der Waals surface area contributed by atoms with Crippen LogP contribution < -0.4 is 0 Å². The van der Waals surface area contributed by atoms with Crippen LogP contribution in [-0.4, -0.2) is 37.7 Å². The van der Waals surface area contributed by atoms with Crippen molar-refractivity contribution in [3.63, 3.8) is 0 Å². The summed E-state index contributed by atoms with van der Waals surface area (Å²) in [6, 6.07) is 0. The van der Waals surface area contributed by atoms with E-state index in [9.17, 15) is 0 Å². The van der Waals surface area contributed by atoms with E-state index in [1.807, 2.05) is 0 Å².